The van der Waals surface area contributed by atoms with Crippen LogP contribution < -0.4 is 5.73 Å². The van der Waals surface area contributed by atoms with Crippen molar-refractivity contribution >= 4 is 22.5 Å². The number of nitrogens with one attached hydrogen (secondary N) is 1. The van der Waals surface area contributed by atoms with Crippen LogP contribution in [0.25, 0.3) is 10.9 Å². The number of H-pyrrole nitrogens is 1. The topological polar surface area (TPSA) is 75.0 Å². The second-order valence-electron chi connectivity index (χ2n) is 4.50. The summed E-state index contributed by atoms with van der Waals surface area (Å²) in [6, 6.07) is 5.33. The van der Waals surface area contributed by atoms with Crippen LogP contribution >= 0.6 is 0 Å². The van der Waals surface area contributed by atoms with Gasteiger partial charge < -0.3 is 10.6 Å². The molecule has 0 saturated heterocycles. The Morgan fingerprint density at radius 2 is 2.28 bits per heavy atom. The highest BCUT2D eigenvalue weighted by atomic mass is 16.2. The molecule has 2 rings (SSSR count). The molecule has 1 heterocycles. The maximum atomic E-state index is 12.2. The number of anilines is 1. The maximum Gasteiger partial charge on any atom is 0.275 e. The number of rotatable bonds is 3. The second kappa shape index (κ2) is 4.52. The number of nitrogens with zero attached hydrogens (tertiary/aromatic N) is 2. The Labute approximate surface area is 105 Å². The van der Waals surface area contributed by atoms with Crippen molar-refractivity contribution in [3.63, 3.8) is 0 Å². The minimum absolute atomic E-state index is 0.144. The fourth-order valence-corrected chi connectivity index (χ4v) is 1.85. The van der Waals surface area contributed by atoms with Crippen molar-refractivity contribution in [2.45, 2.75) is 6.92 Å². The van der Waals surface area contributed by atoms with Crippen molar-refractivity contribution in [2.75, 3.05) is 19.3 Å². The minimum atomic E-state index is -0.144. The number of aromatic amines is 1. The van der Waals surface area contributed by atoms with Gasteiger partial charge in [-0.1, -0.05) is 12.2 Å². The molecule has 5 heteroatoms. The van der Waals surface area contributed by atoms with Gasteiger partial charge in [-0.05, 0) is 25.1 Å². The van der Waals surface area contributed by atoms with Crippen LogP contribution in [0.15, 0.2) is 30.4 Å². The second-order valence-corrected chi connectivity index (χ2v) is 4.50. The number of aromatic nitrogens is 2. The number of amides is 1. The molecule has 0 radical (unpaired) electrons. The maximum absolute atomic E-state index is 12.2. The summed E-state index contributed by atoms with van der Waals surface area (Å²) in [5, 5.41) is 7.64. The molecule has 0 aliphatic heterocycles. The van der Waals surface area contributed by atoms with E-state index in [1.807, 2.05) is 13.0 Å². The van der Waals surface area contributed by atoms with Crippen LogP contribution in [0.2, 0.25) is 0 Å². The number of hydrogen-bond acceptors (Lipinski definition) is 3. The van der Waals surface area contributed by atoms with Crippen LogP contribution in [0.5, 0.6) is 0 Å². The van der Waals surface area contributed by atoms with Crippen molar-refractivity contribution in [3.8, 4) is 0 Å². The van der Waals surface area contributed by atoms with E-state index in [2.05, 4.69) is 16.8 Å². The van der Waals surface area contributed by atoms with Crippen molar-refractivity contribution in [2.24, 2.45) is 0 Å². The van der Waals surface area contributed by atoms with Crippen LogP contribution in [0.3, 0.4) is 0 Å². The monoisotopic (exact) mass is 244 g/mol. The van der Waals surface area contributed by atoms with E-state index in [9.17, 15) is 4.79 Å². The standard InChI is InChI=1S/C13H16N4O/c1-8(2)7-17(3)13(18)12-10-6-9(14)4-5-11(10)15-16-12/h4-6H,1,7,14H2,2-3H3,(H,15,16). The van der Waals surface area contributed by atoms with Gasteiger partial charge in [0.05, 0.1) is 5.52 Å². The predicted octanol–water partition coefficient (Wildman–Crippen LogP) is 1.79. The van der Waals surface area contributed by atoms with Gasteiger partial charge in [-0.2, -0.15) is 5.10 Å². The fraction of sp³-hybridized carbons (Fsp3) is 0.231. The van der Waals surface area contributed by atoms with E-state index >= 15 is 0 Å². The molecular weight excluding hydrogens is 228 g/mol. The van der Waals surface area contributed by atoms with Gasteiger partial charge in [0.15, 0.2) is 5.69 Å². The number of hydrogen-bond donors (Lipinski definition) is 2. The Balaban J connectivity index is 2.38. The van der Waals surface area contributed by atoms with E-state index in [0.717, 1.165) is 16.5 Å². The van der Waals surface area contributed by atoms with E-state index in [-0.39, 0.29) is 5.91 Å². The van der Waals surface area contributed by atoms with Crippen LogP contribution in [0.4, 0.5) is 5.69 Å². The first kappa shape index (κ1) is 12.2. The summed E-state index contributed by atoms with van der Waals surface area (Å²) in [6.45, 7) is 6.18. The lowest BCUT2D eigenvalue weighted by Gasteiger charge is -2.15. The highest BCUT2D eigenvalue weighted by Gasteiger charge is 2.18. The summed E-state index contributed by atoms with van der Waals surface area (Å²) in [5.41, 5.74) is 8.45. The Morgan fingerprint density at radius 1 is 1.56 bits per heavy atom. The van der Waals surface area contributed by atoms with Gasteiger partial charge in [0.25, 0.3) is 5.91 Å². The minimum Gasteiger partial charge on any atom is -0.399 e. The third kappa shape index (κ3) is 2.20. The smallest absolute Gasteiger partial charge is 0.275 e. The van der Waals surface area contributed by atoms with Gasteiger partial charge >= 0.3 is 0 Å². The van der Waals surface area contributed by atoms with E-state index in [1.165, 1.54) is 0 Å². The van der Waals surface area contributed by atoms with Crippen LogP contribution in [-0.4, -0.2) is 34.6 Å². The molecule has 1 amide bonds. The molecule has 94 valence electrons. The molecule has 2 aromatic rings. The number of benzene rings is 1. The fourth-order valence-electron chi connectivity index (χ4n) is 1.85. The number of carbonyl (C=O) groups excluding carboxylic acids is 1. The van der Waals surface area contributed by atoms with E-state index in [0.29, 0.717) is 17.9 Å². The molecule has 0 spiro atoms. The quantitative estimate of drug-likeness (QED) is 0.638. The number of fused-ring (bicyclic) bond motifs is 1. The summed E-state index contributed by atoms with van der Waals surface area (Å²) in [6.07, 6.45) is 0. The number of nitrogens with two attached hydrogens (primary N) is 1. The number of nitrogen functional groups attached to an aromatic ring is 1. The third-order valence-electron chi connectivity index (χ3n) is 2.64. The molecular formula is C13H16N4O. The Morgan fingerprint density at radius 3 is 2.94 bits per heavy atom. The Hall–Kier alpha value is -2.30. The van der Waals surface area contributed by atoms with Gasteiger partial charge in [0.1, 0.15) is 0 Å². The lowest BCUT2D eigenvalue weighted by molar-refractivity contribution is 0.0803. The van der Waals surface area contributed by atoms with Crippen LogP contribution in [-0.2, 0) is 0 Å². The zero-order chi connectivity index (χ0) is 13.3. The molecule has 0 fully saturated rings. The first-order chi connectivity index (χ1) is 8.49. The van der Waals surface area contributed by atoms with E-state index < -0.39 is 0 Å². The van der Waals surface area contributed by atoms with Crippen LogP contribution in [0.1, 0.15) is 17.4 Å². The number of likely N-dealkylation sites (N-methyl/N-ethyl adjacent to an activating group) is 1. The number of carbonyl (C=O) groups is 1. The first-order valence-electron chi connectivity index (χ1n) is 5.62. The van der Waals surface area contributed by atoms with E-state index in [4.69, 9.17) is 5.73 Å². The van der Waals surface area contributed by atoms with Gasteiger partial charge in [-0.25, -0.2) is 0 Å². The average Bonchev–Trinajstić information content (AvgIpc) is 2.69. The lowest BCUT2D eigenvalue weighted by Crippen LogP contribution is -2.28. The average molecular weight is 244 g/mol. The van der Waals surface area contributed by atoms with Crippen molar-refractivity contribution < 1.29 is 4.79 Å². The molecule has 0 aliphatic rings. The SMILES string of the molecule is C=C(C)CN(C)C(=O)c1n[nH]c2ccc(N)cc12. The Kier molecular flexibility index (Phi) is 3.06. The zero-order valence-corrected chi connectivity index (χ0v) is 10.5. The summed E-state index contributed by atoms with van der Waals surface area (Å²) in [4.78, 5) is 13.8. The molecule has 0 aliphatic carbocycles. The predicted molar refractivity (Wildman–Crippen MR) is 72.3 cm³/mol. The lowest BCUT2D eigenvalue weighted by atomic mass is 10.1. The first-order valence-corrected chi connectivity index (χ1v) is 5.62. The molecule has 1 aromatic heterocycles. The molecule has 0 saturated carbocycles. The largest absolute Gasteiger partial charge is 0.399 e. The van der Waals surface area contributed by atoms with Gasteiger partial charge in [-0.3, -0.25) is 9.89 Å². The molecule has 0 bridgehead atoms. The van der Waals surface area contributed by atoms with Gasteiger partial charge in [0.2, 0.25) is 0 Å². The third-order valence-corrected chi connectivity index (χ3v) is 2.64. The summed E-state index contributed by atoms with van der Waals surface area (Å²) in [5.74, 6) is -0.144. The summed E-state index contributed by atoms with van der Waals surface area (Å²) < 4.78 is 0. The highest BCUT2D eigenvalue weighted by molar-refractivity contribution is 6.05. The molecule has 5 nitrogen and oxygen atoms in total. The Bertz CT molecular complexity index is 614. The molecule has 18 heavy (non-hydrogen) atoms. The molecule has 1 aromatic carbocycles. The van der Waals surface area contributed by atoms with Gasteiger partial charge in [-0.15, -0.1) is 0 Å². The van der Waals surface area contributed by atoms with E-state index in [1.54, 1.807) is 24.1 Å². The van der Waals surface area contributed by atoms with Gasteiger partial charge in [0, 0.05) is 24.7 Å². The highest BCUT2D eigenvalue weighted by Crippen LogP contribution is 2.20. The zero-order valence-electron chi connectivity index (χ0n) is 10.5. The summed E-state index contributed by atoms with van der Waals surface area (Å²) >= 11 is 0. The van der Waals surface area contributed by atoms with Crippen molar-refractivity contribution in [1.82, 2.24) is 15.1 Å². The van der Waals surface area contributed by atoms with Crippen molar-refractivity contribution in [3.05, 3.63) is 36.0 Å². The normalized spacial score (nSPS) is 10.6. The molecule has 0 unspecified atom stereocenters. The molecule has 0 atom stereocenters. The van der Waals surface area contributed by atoms with Crippen LogP contribution in [0, 0.1) is 0 Å². The molecule has 3 N–H and O–H groups in total. The van der Waals surface area contributed by atoms with Crippen molar-refractivity contribution in [1.29, 1.82) is 0 Å². The summed E-state index contributed by atoms with van der Waals surface area (Å²) in [7, 11) is 1.73.